The van der Waals surface area contributed by atoms with E-state index in [1.165, 1.54) is 0 Å². The molecule has 0 aromatic heterocycles. The Morgan fingerprint density at radius 3 is 1.14 bits per heavy atom. The maximum atomic E-state index is 13.3. The molecule has 0 spiro atoms. The van der Waals surface area contributed by atoms with Gasteiger partial charge >= 0.3 is 47.7 Å². The van der Waals surface area contributed by atoms with E-state index < -0.39 is 59.5 Å². The maximum absolute atomic E-state index is 13.3. The monoisotopic (exact) mass is 471 g/mol. The van der Waals surface area contributed by atoms with E-state index in [4.69, 9.17) is 5.11 Å². The van der Waals surface area contributed by atoms with Crippen molar-refractivity contribution in [1.82, 2.24) is 0 Å². The van der Waals surface area contributed by atoms with Crippen LogP contribution in [0.4, 0.5) is 65.9 Å². The van der Waals surface area contributed by atoms with E-state index >= 15 is 0 Å². The number of nitrogens with two attached hydrogens (primary N) is 1. The van der Waals surface area contributed by atoms with E-state index in [9.17, 15) is 75.4 Å². The van der Waals surface area contributed by atoms with Gasteiger partial charge in [0.25, 0.3) is 0 Å². The summed E-state index contributed by atoms with van der Waals surface area (Å²) in [5, 5.41) is 8.07. The van der Waals surface area contributed by atoms with Crippen molar-refractivity contribution in [3.63, 3.8) is 0 Å². The molecule has 0 rings (SSSR count). The van der Waals surface area contributed by atoms with Crippen molar-refractivity contribution >= 4 is 11.8 Å². The predicted octanol–water partition coefficient (Wildman–Crippen LogP) is 3.34. The third-order valence-corrected chi connectivity index (χ3v) is 3.19. The van der Waals surface area contributed by atoms with Crippen LogP contribution in [0.15, 0.2) is 0 Å². The molecule has 0 amide bonds. The van der Waals surface area contributed by atoms with Crippen LogP contribution in [0.25, 0.3) is 0 Å². The Kier molecular flexibility index (Phi) is 6.34. The number of carbonyl (C=O) groups is 2. The fraction of sp³-hybridized carbons (Fsp3) is 0.800. The highest BCUT2D eigenvalue weighted by molar-refractivity contribution is 6.06. The standard InChI is InChI=1S/C10H4F15NO3/c11-4(12,2(27)1(26)3(28)29)5(13,14)6(15,16)7(17,18)8(19,20)9(21,22)10(23,24)25/h1H,26H2,(H,28,29). The summed E-state index contributed by atoms with van der Waals surface area (Å²) in [5.41, 5.74) is 4.10. The van der Waals surface area contributed by atoms with Crippen LogP contribution in [-0.2, 0) is 9.59 Å². The van der Waals surface area contributed by atoms with Crippen molar-refractivity contribution in [3.05, 3.63) is 0 Å². The number of aliphatic carboxylic acids is 1. The Morgan fingerprint density at radius 1 is 0.586 bits per heavy atom. The second kappa shape index (κ2) is 6.79. The average Bonchev–Trinajstić information content (AvgIpc) is 2.50. The molecule has 0 radical (unpaired) electrons. The van der Waals surface area contributed by atoms with Gasteiger partial charge in [0.15, 0.2) is 6.04 Å². The maximum Gasteiger partial charge on any atom is 0.460 e. The van der Waals surface area contributed by atoms with Gasteiger partial charge in [-0.15, -0.1) is 0 Å². The van der Waals surface area contributed by atoms with Crippen LogP contribution in [-0.4, -0.2) is 64.6 Å². The van der Waals surface area contributed by atoms with Gasteiger partial charge in [-0.3, -0.25) is 9.59 Å². The van der Waals surface area contributed by atoms with Gasteiger partial charge in [0, 0.05) is 0 Å². The molecule has 4 nitrogen and oxygen atoms in total. The van der Waals surface area contributed by atoms with E-state index in [1.54, 1.807) is 0 Å². The molecular formula is C10H4F15NO3. The van der Waals surface area contributed by atoms with Crippen molar-refractivity contribution in [1.29, 1.82) is 0 Å². The van der Waals surface area contributed by atoms with E-state index in [2.05, 4.69) is 5.73 Å². The lowest BCUT2D eigenvalue weighted by Crippen LogP contribution is -2.74. The van der Waals surface area contributed by atoms with Crippen molar-refractivity contribution in [2.75, 3.05) is 0 Å². The van der Waals surface area contributed by atoms with Crippen molar-refractivity contribution < 1.29 is 80.6 Å². The van der Waals surface area contributed by atoms with Gasteiger partial charge in [0.1, 0.15) is 0 Å². The first-order chi connectivity index (χ1) is 12.3. The molecule has 1 atom stereocenters. The van der Waals surface area contributed by atoms with Crippen molar-refractivity contribution in [2.45, 2.75) is 47.8 Å². The summed E-state index contributed by atoms with van der Waals surface area (Å²) < 4.78 is 192. The molecule has 0 aliphatic heterocycles. The predicted molar refractivity (Wildman–Crippen MR) is 56.4 cm³/mol. The van der Waals surface area contributed by atoms with Gasteiger partial charge in [0.05, 0.1) is 0 Å². The van der Waals surface area contributed by atoms with Gasteiger partial charge in [-0.05, 0) is 0 Å². The number of halogens is 15. The number of ketones is 1. The minimum absolute atomic E-state index is 2.94. The Labute approximate surface area is 147 Å². The Balaban J connectivity index is 6.65. The van der Waals surface area contributed by atoms with Gasteiger partial charge in [0.2, 0.25) is 5.78 Å². The Hall–Kier alpha value is -1.95. The highest BCUT2D eigenvalue weighted by Crippen LogP contribution is 2.62. The molecule has 0 saturated carbocycles. The van der Waals surface area contributed by atoms with Gasteiger partial charge in [-0.25, -0.2) is 0 Å². The van der Waals surface area contributed by atoms with Crippen LogP contribution in [0.5, 0.6) is 0 Å². The number of carboxylic acid groups (broad SMARTS) is 1. The van der Waals surface area contributed by atoms with E-state index in [-0.39, 0.29) is 0 Å². The van der Waals surface area contributed by atoms with Gasteiger partial charge < -0.3 is 10.8 Å². The second-order valence-electron chi connectivity index (χ2n) is 5.12. The number of alkyl halides is 15. The molecule has 0 heterocycles. The van der Waals surface area contributed by atoms with Crippen molar-refractivity contribution in [3.8, 4) is 0 Å². The van der Waals surface area contributed by atoms with Crippen LogP contribution >= 0.6 is 0 Å². The lowest BCUT2D eigenvalue weighted by Gasteiger charge is -2.41. The van der Waals surface area contributed by atoms with E-state index in [0.29, 0.717) is 0 Å². The summed E-state index contributed by atoms with van der Waals surface area (Å²) >= 11 is 0. The minimum atomic E-state index is -8.57. The molecular weight excluding hydrogens is 467 g/mol. The Morgan fingerprint density at radius 2 is 0.862 bits per heavy atom. The summed E-state index contributed by atoms with van der Waals surface area (Å²) in [7, 11) is 0. The lowest BCUT2D eigenvalue weighted by atomic mass is 9.88. The number of carbonyl (C=O) groups excluding carboxylic acids is 1. The quantitative estimate of drug-likeness (QED) is 0.421. The first kappa shape index (κ1) is 27.0. The molecule has 0 aliphatic carbocycles. The minimum Gasteiger partial charge on any atom is -0.480 e. The van der Waals surface area contributed by atoms with Crippen LogP contribution in [0.3, 0.4) is 0 Å². The molecule has 0 fully saturated rings. The van der Waals surface area contributed by atoms with Crippen LogP contribution in [0, 0.1) is 0 Å². The molecule has 172 valence electrons. The number of carboxylic acids is 1. The second-order valence-corrected chi connectivity index (χ2v) is 5.12. The highest BCUT2D eigenvalue weighted by Gasteiger charge is 2.94. The molecule has 29 heavy (non-hydrogen) atoms. The number of rotatable bonds is 8. The normalized spacial score (nSPS) is 16.6. The van der Waals surface area contributed by atoms with Gasteiger partial charge in [-0.2, -0.15) is 65.9 Å². The topological polar surface area (TPSA) is 80.4 Å². The van der Waals surface area contributed by atoms with Crippen LogP contribution in [0.2, 0.25) is 0 Å². The molecule has 0 aliphatic rings. The zero-order valence-corrected chi connectivity index (χ0v) is 12.6. The zero-order chi connectivity index (χ0) is 24.2. The average molecular weight is 471 g/mol. The Bertz CT molecular complexity index is 668. The van der Waals surface area contributed by atoms with E-state index in [0.717, 1.165) is 0 Å². The summed E-state index contributed by atoms with van der Waals surface area (Å²) in [5.74, 6) is -56.0. The first-order valence-electron chi connectivity index (χ1n) is 6.13. The third kappa shape index (κ3) is 3.45. The summed E-state index contributed by atoms with van der Waals surface area (Å²) in [6.07, 6.45) is -7.75. The zero-order valence-electron chi connectivity index (χ0n) is 12.6. The lowest BCUT2D eigenvalue weighted by molar-refractivity contribution is -0.449. The smallest absolute Gasteiger partial charge is 0.460 e. The first-order valence-corrected chi connectivity index (χ1v) is 6.13. The SMILES string of the molecule is NC(C(=O)O)C(=O)C(F)(F)C(F)(F)C(F)(F)C(F)(F)C(F)(F)C(F)(F)C(F)(F)F. The largest absolute Gasteiger partial charge is 0.480 e. The van der Waals surface area contributed by atoms with Crippen molar-refractivity contribution in [2.24, 2.45) is 5.73 Å². The number of Topliss-reactive ketones (excluding diaryl/α,β-unsaturated/α-hetero) is 1. The highest BCUT2D eigenvalue weighted by atomic mass is 19.4. The van der Waals surface area contributed by atoms with E-state index in [1.807, 2.05) is 0 Å². The fourth-order valence-corrected chi connectivity index (χ4v) is 1.43. The summed E-state index contributed by atoms with van der Waals surface area (Å²) in [6.45, 7) is 0. The molecule has 19 heteroatoms. The summed E-state index contributed by atoms with van der Waals surface area (Å²) in [6, 6.07) is -3.84. The van der Waals surface area contributed by atoms with Crippen LogP contribution < -0.4 is 5.73 Å². The third-order valence-electron chi connectivity index (χ3n) is 3.19. The van der Waals surface area contributed by atoms with Crippen LogP contribution in [0.1, 0.15) is 0 Å². The molecule has 0 bridgehead atoms. The molecule has 0 aromatic carbocycles. The van der Waals surface area contributed by atoms with Gasteiger partial charge in [-0.1, -0.05) is 0 Å². The number of hydrogen-bond donors (Lipinski definition) is 2. The fourth-order valence-electron chi connectivity index (χ4n) is 1.43. The number of hydrogen-bond acceptors (Lipinski definition) is 3. The summed E-state index contributed by atoms with van der Waals surface area (Å²) in [4.78, 5) is 21.0. The molecule has 1 unspecified atom stereocenters. The molecule has 0 saturated heterocycles. The molecule has 0 aromatic rings. The molecule has 3 N–H and O–H groups in total.